The number of rotatable bonds is 4. The molecule has 1 aromatic heterocycles. The van der Waals surface area contributed by atoms with Crippen molar-refractivity contribution in [2.45, 2.75) is 19.5 Å². The summed E-state index contributed by atoms with van der Waals surface area (Å²) in [6.45, 7) is 2.14. The number of hydrogen-bond donors (Lipinski definition) is 2. The molecule has 0 bridgehead atoms. The highest BCUT2D eigenvalue weighted by atomic mass is 16.2. The van der Waals surface area contributed by atoms with E-state index in [9.17, 15) is 9.59 Å². The zero-order valence-corrected chi connectivity index (χ0v) is 11.7. The fourth-order valence-electron chi connectivity index (χ4n) is 1.85. The summed E-state index contributed by atoms with van der Waals surface area (Å²) in [5.74, 6) is -1.28. The molecule has 0 aliphatic heterocycles. The fraction of sp³-hybridized carbons (Fsp3) is 0.188. The number of amides is 2. The van der Waals surface area contributed by atoms with Gasteiger partial charge in [0.2, 0.25) is 0 Å². The number of benzene rings is 1. The van der Waals surface area contributed by atoms with Gasteiger partial charge >= 0.3 is 11.8 Å². The predicted octanol–water partition coefficient (Wildman–Crippen LogP) is 1.58. The zero-order chi connectivity index (χ0) is 15.1. The molecule has 2 amide bonds. The molecular weight excluding hydrogens is 266 g/mol. The average molecular weight is 283 g/mol. The molecule has 0 fully saturated rings. The molecule has 21 heavy (non-hydrogen) atoms. The van der Waals surface area contributed by atoms with Gasteiger partial charge in [-0.25, -0.2) is 0 Å². The van der Waals surface area contributed by atoms with Crippen LogP contribution >= 0.6 is 0 Å². The first-order valence-corrected chi connectivity index (χ1v) is 6.69. The number of carbonyl (C=O) groups excluding carboxylic acids is 2. The Kier molecular flexibility index (Phi) is 5.04. The first-order valence-electron chi connectivity index (χ1n) is 6.69. The Morgan fingerprint density at radius 1 is 1.05 bits per heavy atom. The first kappa shape index (κ1) is 14.7. The quantitative estimate of drug-likeness (QED) is 0.837. The number of nitrogens with one attached hydrogen (secondary N) is 2. The van der Waals surface area contributed by atoms with Crippen LogP contribution in [0.5, 0.6) is 0 Å². The standard InChI is InChI=1S/C16H17N3O2/c1-12(14-5-3-2-4-6-14)19-16(21)15(20)18-11-13-7-9-17-10-8-13/h2-10,12H,11H2,1H3,(H,18,20)(H,19,21)/t12-/m0/s1. The molecule has 0 radical (unpaired) electrons. The molecule has 5 heteroatoms. The summed E-state index contributed by atoms with van der Waals surface area (Å²) in [5.41, 5.74) is 1.84. The van der Waals surface area contributed by atoms with Crippen LogP contribution in [0.2, 0.25) is 0 Å². The van der Waals surface area contributed by atoms with Crippen LogP contribution in [0.25, 0.3) is 0 Å². The van der Waals surface area contributed by atoms with Crippen molar-refractivity contribution < 1.29 is 9.59 Å². The maximum Gasteiger partial charge on any atom is 0.309 e. The van der Waals surface area contributed by atoms with E-state index < -0.39 is 11.8 Å². The molecule has 0 aliphatic rings. The summed E-state index contributed by atoms with van der Waals surface area (Å²) in [7, 11) is 0. The average Bonchev–Trinajstić information content (AvgIpc) is 2.54. The molecule has 0 unspecified atom stereocenters. The van der Waals surface area contributed by atoms with E-state index >= 15 is 0 Å². The molecule has 2 rings (SSSR count). The third-order valence-electron chi connectivity index (χ3n) is 3.06. The Morgan fingerprint density at radius 3 is 2.38 bits per heavy atom. The normalized spacial score (nSPS) is 11.5. The van der Waals surface area contributed by atoms with Crippen LogP contribution in [-0.4, -0.2) is 16.8 Å². The van der Waals surface area contributed by atoms with E-state index in [1.807, 2.05) is 37.3 Å². The molecule has 1 aromatic carbocycles. The van der Waals surface area contributed by atoms with E-state index in [0.717, 1.165) is 11.1 Å². The number of nitrogens with zero attached hydrogens (tertiary/aromatic N) is 1. The minimum Gasteiger partial charge on any atom is -0.344 e. The second-order valence-corrected chi connectivity index (χ2v) is 4.64. The van der Waals surface area contributed by atoms with Crippen molar-refractivity contribution >= 4 is 11.8 Å². The molecular formula is C16H17N3O2. The lowest BCUT2D eigenvalue weighted by Crippen LogP contribution is -2.40. The summed E-state index contributed by atoms with van der Waals surface area (Å²) in [6.07, 6.45) is 3.28. The lowest BCUT2D eigenvalue weighted by molar-refractivity contribution is -0.139. The van der Waals surface area contributed by atoms with Crippen molar-refractivity contribution in [2.75, 3.05) is 0 Å². The number of carbonyl (C=O) groups is 2. The summed E-state index contributed by atoms with van der Waals surface area (Å²) in [4.78, 5) is 27.4. The molecule has 2 N–H and O–H groups in total. The number of aromatic nitrogens is 1. The van der Waals surface area contributed by atoms with Gasteiger partial charge in [0.05, 0.1) is 6.04 Å². The largest absolute Gasteiger partial charge is 0.344 e. The molecule has 0 saturated heterocycles. The highest BCUT2D eigenvalue weighted by Gasteiger charge is 2.16. The van der Waals surface area contributed by atoms with Gasteiger partial charge in [0.15, 0.2) is 0 Å². The summed E-state index contributed by atoms with van der Waals surface area (Å²) in [6, 6.07) is 12.8. The molecule has 2 aromatic rings. The highest BCUT2D eigenvalue weighted by molar-refractivity contribution is 6.35. The van der Waals surface area contributed by atoms with Crippen molar-refractivity contribution in [2.24, 2.45) is 0 Å². The Labute approximate surface area is 123 Å². The van der Waals surface area contributed by atoms with Gasteiger partial charge < -0.3 is 10.6 Å². The van der Waals surface area contributed by atoms with Crippen LogP contribution in [-0.2, 0) is 16.1 Å². The van der Waals surface area contributed by atoms with Crippen LogP contribution < -0.4 is 10.6 Å². The second-order valence-electron chi connectivity index (χ2n) is 4.64. The van der Waals surface area contributed by atoms with Gasteiger partial charge in [-0.2, -0.15) is 0 Å². The van der Waals surface area contributed by atoms with E-state index in [1.54, 1.807) is 24.5 Å². The molecule has 108 valence electrons. The third-order valence-corrected chi connectivity index (χ3v) is 3.06. The Bertz CT molecular complexity index is 599. The fourth-order valence-corrected chi connectivity index (χ4v) is 1.85. The summed E-state index contributed by atoms with van der Waals surface area (Å²) >= 11 is 0. The highest BCUT2D eigenvalue weighted by Crippen LogP contribution is 2.10. The van der Waals surface area contributed by atoms with Gasteiger partial charge in [-0.05, 0) is 30.2 Å². The van der Waals surface area contributed by atoms with E-state index in [-0.39, 0.29) is 6.04 Å². The van der Waals surface area contributed by atoms with Crippen LogP contribution in [0.4, 0.5) is 0 Å². The van der Waals surface area contributed by atoms with Gasteiger partial charge in [0.25, 0.3) is 0 Å². The number of pyridine rings is 1. The second kappa shape index (κ2) is 7.19. The molecule has 0 aliphatic carbocycles. The van der Waals surface area contributed by atoms with E-state index in [2.05, 4.69) is 15.6 Å². The maximum atomic E-state index is 11.8. The van der Waals surface area contributed by atoms with Crippen molar-refractivity contribution in [1.82, 2.24) is 15.6 Å². The Balaban J connectivity index is 1.84. The van der Waals surface area contributed by atoms with Crippen LogP contribution in [0.3, 0.4) is 0 Å². The number of hydrogen-bond acceptors (Lipinski definition) is 3. The summed E-state index contributed by atoms with van der Waals surface area (Å²) in [5, 5.41) is 5.25. The lowest BCUT2D eigenvalue weighted by Gasteiger charge is -2.14. The monoisotopic (exact) mass is 283 g/mol. The molecule has 1 heterocycles. The predicted molar refractivity (Wildman–Crippen MR) is 79.1 cm³/mol. The first-order chi connectivity index (χ1) is 10.2. The third kappa shape index (κ3) is 4.42. The van der Waals surface area contributed by atoms with E-state index in [4.69, 9.17) is 0 Å². The van der Waals surface area contributed by atoms with Crippen molar-refractivity contribution in [3.8, 4) is 0 Å². The topological polar surface area (TPSA) is 71.1 Å². The van der Waals surface area contributed by atoms with Gasteiger partial charge in [0, 0.05) is 18.9 Å². The van der Waals surface area contributed by atoms with Crippen LogP contribution in [0, 0.1) is 0 Å². The Morgan fingerprint density at radius 2 is 1.71 bits per heavy atom. The minimum atomic E-state index is -0.644. The lowest BCUT2D eigenvalue weighted by atomic mass is 10.1. The van der Waals surface area contributed by atoms with Gasteiger partial charge in [-0.1, -0.05) is 30.3 Å². The van der Waals surface area contributed by atoms with Crippen LogP contribution in [0.1, 0.15) is 24.1 Å². The van der Waals surface area contributed by atoms with E-state index in [0.29, 0.717) is 6.54 Å². The van der Waals surface area contributed by atoms with Gasteiger partial charge in [0.1, 0.15) is 0 Å². The molecule has 1 atom stereocenters. The zero-order valence-electron chi connectivity index (χ0n) is 11.7. The SMILES string of the molecule is C[C@H](NC(=O)C(=O)NCc1ccncc1)c1ccccc1. The van der Waals surface area contributed by atoms with E-state index in [1.165, 1.54) is 0 Å². The van der Waals surface area contributed by atoms with Gasteiger partial charge in [-0.3, -0.25) is 14.6 Å². The minimum absolute atomic E-state index is 0.217. The maximum absolute atomic E-state index is 11.8. The van der Waals surface area contributed by atoms with Crippen molar-refractivity contribution in [1.29, 1.82) is 0 Å². The summed E-state index contributed by atoms with van der Waals surface area (Å²) < 4.78 is 0. The van der Waals surface area contributed by atoms with Crippen molar-refractivity contribution in [3.63, 3.8) is 0 Å². The van der Waals surface area contributed by atoms with Gasteiger partial charge in [-0.15, -0.1) is 0 Å². The smallest absolute Gasteiger partial charge is 0.309 e. The molecule has 0 saturated carbocycles. The van der Waals surface area contributed by atoms with Crippen molar-refractivity contribution in [3.05, 3.63) is 66.0 Å². The molecule has 5 nitrogen and oxygen atoms in total. The molecule has 0 spiro atoms. The van der Waals surface area contributed by atoms with Crippen LogP contribution in [0.15, 0.2) is 54.9 Å². The Hall–Kier alpha value is -2.69.